The van der Waals surface area contributed by atoms with Gasteiger partial charge in [0.15, 0.2) is 0 Å². The third kappa shape index (κ3) is 3.56. The van der Waals surface area contributed by atoms with Gasteiger partial charge in [-0.05, 0) is 30.1 Å². The molecule has 0 amide bonds. The van der Waals surface area contributed by atoms with Crippen molar-refractivity contribution in [2.45, 2.75) is 4.90 Å². The summed E-state index contributed by atoms with van der Waals surface area (Å²) in [5.41, 5.74) is 1.08. The summed E-state index contributed by atoms with van der Waals surface area (Å²) in [6.45, 7) is 0. The van der Waals surface area contributed by atoms with Crippen molar-refractivity contribution in [2.75, 3.05) is 4.72 Å². The van der Waals surface area contributed by atoms with Crippen molar-refractivity contribution in [3.63, 3.8) is 0 Å². The zero-order valence-corrected chi connectivity index (χ0v) is 13.1. The van der Waals surface area contributed by atoms with Crippen LogP contribution in [0.1, 0.15) is 0 Å². The number of rotatable bonds is 4. The van der Waals surface area contributed by atoms with Gasteiger partial charge in [-0.25, -0.2) is 9.37 Å². The average molecular weight is 337 g/mol. The number of anilines is 1. The lowest BCUT2D eigenvalue weighted by Crippen LogP contribution is -1.88. The van der Waals surface area contributed by atoms with Gasteiger partial charge in [0.25, 0.3) is 0 Å². The van der Waals surface area contributed by atoms with Crippen molar-refractivity contribution < 1.29 is 4.39 Å². The van der Waals surface area contributed by atoms with Crippen molar-refractivity contribution >= 4 is 40.7 Å². The summed E-state index contributed by atoms with van der Waals surface area (Å²) >= 11 is 8.86. The first kappa shape index (κ1) is 14.4. The Labute approximate surface area is 135 Å². The van der Waals surface area contributed by atoms with Crippen LogP contribution in [0.25, 0.3) is 10.6 Å². The van der Waals surface area contributed by atoms with E-state index in [9.17, 15) is 4.39 Å². The Morgan fingerprint density at radius 2 is 1.95 bits per heavy atom. The zero-order chi connectivity index (χ0) is 14.7. The summed E-state index contributed by atoms with van der Waals surface area (Å²) < 4.78 is 16.1. The lowest BCUT2D eigenvalue weighted by atomic mass is 10.2. The smallest absolute Gasteiger partial charge is 0.147 e. The topological polar surface area (TPSA) is 24.9 Å². The third-order valence-corrected chi connectivity index (χ3v) is 4.89. The van der Waals surface area contributed by atoms with E-state index in [-0.39, 0.29) is 5.82 Å². The Hall–Kier alpha value is -1.56. The zero-order valence-electron chi connectivity index (χ0n) is 10.7. The summed E-state index contributed by atoms with van der Waals surface area (Å²) in [5, 5.41) is 3.27. The summed E-state index contributed by atoms with van der Waals surface area (Å²) in [6.07, 6.45) is 0. The summed E-state index contributed by atoms with van der Waals surface area (Å²) in [5.74, 6) is 0.411. The molecule has 0 saturated heterocycles. The molecule has 0 aliphatic carbocycles. The highest BCUT2D eigenvalue weighted by Gasteiger charge is 2.06. The molecular weight excluding hydrogens is 327 g/mol. The van der Waals surface area contributed by atoms with E-state index in [0.29, 0.717) is 5.02 Å². The van der Waals surface area contributed by atoms with Gasteiger partial charge >= 0.3 is 0 Å². The fourth-order valence-corrected chi connectivity index (χ4v) is 3.43. The molecule has 0 aliphatic rings. The second-order valence-electron chi connectivity index (χ2n) is 4.18. The Morgan fingerprint density at radius 3 is 2.71 bits per heavy atom. The molecule has 0 bridgehead atoms. The van der Waals surface area contributed by atoms with Crippen LogP contribution in [0.15, 0.2) is 58.8 Å². The van der Waals surface area contributed by atoms with Crippen LogP contribution < -0.4 is 4.72 Å². The molecular formula is C15H10ClFN2S2. The number of nitrogens with one attached hydrogen (secondary N) is 1. The molecule has 0 atom stereocenters. The monoisotopic (exact) mass is 336 g/mol. The van der Waals surface area contributed by atoms with Gasteiger partial charge in [0, 0.05) is 15.8 Å². The Bertz CT molecular complexity index is 746. The van der Waals surface area contributed by atoms with Crippen LogP contribution in [0, 0.1) is 5.82 Å². The highest BCUT2D eigenvalue weighted by Crippen LogP contribution is 2.31. The molecule has 0 aliphatic heterocycles. The molecule has 3 rings (SSSR count). The summed E-state index contributed by atoms with van der Waals surface area (Å²) in [4.78, 5) is 5.27. The lowest BCUT2D eigenvalue weighted by Gasteiger charge is -2.04. The van der Waals surface area contributed by atoms with E-state index in [1.807, 2.05) is 35.7 Å². The van der Waals surface area contributed by atoms with E-state index in [0.717, 1.165) is 21.3 Å². The van der Waals surface area contributed by atoms with E-state index in [2.05, 4.69) is 9.71 Å². The first-order chi connectivity index (χ1) is 10.2. The van der Waals surface area contributed by atoms with Gasteiger partial charge in [0.1, 0.15) is 16.6 Å². The molecule has 0 spiro atoms. The summed E-state index contributed by atoms with van der Waals surface area (Å²) in [6, 6.07) is 14.3. The molecule has 0 fully saturated rings. The van der Waals surface area contributed by atoms with Gasteiger partial charge < -0.3 is 4.72 Å². The van der Waals surface area contributed by atoms with Crippen molar-refractivity contribution in [1.82, 2.24) is 4.98 Å². The maximum absolute atomic E-state index is 13.0. The minimum atomic E-state index is -0.343. The molecule has 1 heterocycles. The van der Waals surface area contributed by atoms with Gasteiger partial charge in [-0.3, -0.25) is 0 Å². The van der Waals surface area contributed by atoms with Crippen LogP contribution in [0.5, 0.6) is 0 Å². The molecule has 3 aromatic rings. The molecule has 0 saturated carbocycles. The van der Waals surface area contributed by atoms with Crippen molar-refractivity contribution in [2.24, 2.45) is 0 Å². The number of hydrogen-bond donors (Lipinski definition) is 1. The molecule has 1 aromatic heterocycles. The Morgan fingerprint density at radius 1 is 1.14 bits per heavy atom. The minimum Gasteiger partial charge on any atom is -0.309 e. The van der Waals surface area contributed by atoms with Crippen LogP contribution >= 0.6 is 34.9 Å². The average Bonchev–Trinajstić information content (AvgIpc) is 2.96. The van der Waals surface area contributed by atoms with Crippen molar-refractivity contribution in [1.29, 1.82) is 0 Å². The van der Waals surface area contributed by atoms with E-state index in [4.69, 9.17) is 11.6 Å². The predicted octanol–water partition coefficient (Wildman–Crippen LogP) is 5.72. The van der Waals surface area contributed by atoms with Crippen LogP contribution in [0.4, 0.5) is 10.2 Å². The number of hydrogen-bond acceptors (Lipinski definition) is 4. The normalized spacial score (nSPS) is 10.6. The van der Waals surface area contributed by atoms with Gasteiger partial charge in [-0.1, -0.05) is 41.9 Å². The number of benzene rings is 2. The first-order valence-electron chi connectivity index (χ1n) is 6.11. The molecule has 1 N–H and O–H groups in total. The predicted molar refractivity (Wildman–Crippen MR) is 88.4 cm³/mol. The highest BCUT2D eigenvalue weighted by molar-refractivity contribution is 8.00. The van der Waals surface area contributed by atoms with Gasteiger partial charge in [0.2, 0.25) is 0 Å². The largest absolute Gasteiger partial charge is 0.309 e. The van der Waals surface area contributed by atoms with Crippen LogP contribution in [-0.2, 0) is 0 Å². The molecule has 21 heavy (non-hydrogen) atoms. The molecule has 2 nitrogen and oxygen atoms in total. The van der Waals surface area contributed by atoms with Crippen LogP contribution in [-0.4, -0.2) is 4.98 Å². The second kappa shape index (κ2) is 6.47. The van der Waals surface area contributed by atoms with E-state index in [1.54, 1.807) is 17.4 Å². The number of nitrogens with zero attached hydrogens (tertiary/aromatic N) is 1. The fraction of sp³-hybridized carbons (Fsp3) is 0. The number of thiazole rings is 1. The highest BCUT2D eigenvalue weighted by atomic mass is 35.5. The molecule has 106 valence electrons. The van der Waals surface area contributed by atoms with E-state index in [1.165, 1.54) is 24.1 Å². The lowest BCUT2D eigenvalue weighted by molar-refractivity contribution is 0.626. The quantitative estimate of drug-likeness (QED) is 0.616. The number of halogens is 2. The summed E-state index contributed by atoms with van der Waals surface area (Å²) in [7, 11) is 0. The van der Waals surface area contributed by atoms with E-state index >= 15 is 0 Å². The SMILES string of the molecule is Fc1ccc(SNc2csc(-c3ccccc3)n2)c(Cl)c1. The Balaban J connectivity index is 1.70. The third-order valence-electron chi connectivity index (χ3n) is 2.68. The second-order valence-corrected chi connectivity index (χ2v) is 6.30. The standard InChI is InChI=1S/C15H10ClFN2S2/c16-12-8-11(17)6-7-13(12)21-19-14-9-20-15(18-14)10-4-2-1-3-5-10/h1-9,19H. The first-order valence-corrected chi connectivity index (χ1v) is 8.18. The molecule has 2 aromatic carbocycles. The van der Waals surface area contributed by atoms with E-state index < -0.39 is 0 Å². The molecule has 0 unspecified atom stereocenters. The van der Waals surface area contributed by atoms with Crippen molar-refractivity contribution in [3.8, 4) is 10.6 Å². The van der Waals surface area contributed by atoms with Gasteiger partial charge in [-0.15, -0.1) is 11.3 Å². The number of aromatic nitrogens is 1. The van der Waals surface area contributed by atoms with Gasteiger partial charge in [0.05, 0.1) is 5.02 Å². The minimum absolute atomic E-state index is 0.343. The Kier molecular flexibility index (Phi) is 4.43. The van der Waals surface area contributed by atoms with Crippen molar-refractivity contribution in [3.05, 3.63) is 64.8 Å². The maximum atomic E-state index is 13.0. The molecule has 0 radical (unpaired) electrons. The van der Waals surface area contributed by atoms with Gasteiger partial charge in [-0.2, -0.15) is 0 Å². The maximum Gasteiger partial charge on any atom is 0.147 e. The molecule has 6 heteroatoms. The van der Waals surface area contributed by atoms with Crippen LogP contribution in [0.3, 0.4) is 0 Å². The fourth-order valence-electron chi connectivity index (χ4n) is 1.70. The van der Waals surface area contributed by atoms with Crippen LogP contribution in [0.2, 0.25) is 5.02 Å².